The molecule has 0 amide bonds. The summed E-state index contributed by atoms with van der Waals surface area (Å²) < 4.78 is 28.5. The third-order valence-electron chi connectivity index (χ3n) is 2.84. The second kappa shape index (κ2) is 5.10. The van der Waals surface area contributed by atoms with E-state index in [1.165, 1.54) is 6.07 Å². The molecule has 1 aliphatic heterocycles. The minimum atomic E-state index is -2.70. The molecular weight excluding hydrogens is 296 g/mol. The van der Waals surface area contributed by atoms with E-state index < -0.39 is 5.92 Å². The average molecular weight is 310 g/mol. The predicted molar refractivity (Wildman–Crippen MR) is 66.2 cm³/mol. The molecule has 0 saturated carbocycles. The van der Waals surface area contributed by atoms with Gasteiger partial charge in [-0.2, -0.15) is 0 Å². The van der Waals surface area contributed by atoms with Crippen molar-refractivity contribution in [3.63, 3.8) is 0 Å². The van der Waals surface area contributed by atoms with Crippen molar-refractivity contribution in [3.8, 4) is 0 Å². The number of halogens is 3. The molecule has 0 radical (unpaired) electrons. The zero-order chi connectivity index (χ0) is 11.6. The molecule has 1 saturated heterocycles. The molecule has 1 N–H and O–H groups in total. The normalized spacial score (nSPS) is 22.3. The Labute approximate surface area is 106 Å². The fourth-order valence-corrected chi connectivity index (χ4v) is 3.43. The van der Waals surface area contributed by atoms with Crippen molar-refractivity contribution in [1.82, 2.24) is 5.32 Å². The van der Waals surface area contributed by atoms with Crippen LogP contribution in [-0.2, 0) is 5.92 Å². The predicted octanol–water partition coefficient (Wildman–Crippen LogP) is 4.13. The van der Waals surface area contributed by atoms with E-state index in [0.717, 1.165) is 41.6 Å². The van der Waals surface area contributed by atoms with Gasteiger partial charge in [-0.3, -0.25) is 0 Å². The van der Waals surface area contributed by atoms with Gasteiger partial charge in [0.1, 0.15) is 0 Å². The summed E-state index contributed by atoms with van der Waals surface area (Å²) in [7, 11) is 0. The van der Waals surface area contributed by atoms with Crippen molar-refractivity contribution in [2.45, 2.75) is 37.6 Å². The summed E-state index contributed by atoms with van der Waals surface area (Å²) in [6.45, 7) is 0.870. The van der Waals surface area contributed by atoms with E-state index in [-0.39, 0.29) is 17.3 Å². The fraction of sp³-hybridized carbons (Fsp3) is 0.636. The second-order valence-electron chi connectivity index (χ2n) is 4.18. The molecule has 0 bridgehead atoms. The molecule has 0 aromatic carbocycles. The third-order valence-corrected chi connectivity index (χ3v) is 4.65. The molecule has 1 aromatic heterocycles. The van der Waals surface area contributed by atoms with Crippen molar-refractivity contribution in [3.05, 3.63) is 20.8 Å². The number of alkyl halides is 2. The summed E-state index contributed by atoms with van der Waals surface area (Å²) in [5.41, 5.74) is 0. The Bertz CT molecular complexity index is 348. The van der Waals surface area contributed by atoms with Crippen LogP contribution in [0.3, 0.4) is 0 Å². The summed E-state index contributed by atoms with van der Waals surface area (Å²) >= 11 is 4.33. The van der Waals surface area contributed by atoms with Crippen molar-refractivity contribution in [2.24, 2.45) is 0 Å². The number of thiophene rings is 1. The Morgan fingerprint density at radius 1 is 1.50 bits per heavy atom. The molecule has 16 heavy (non-hydrogen) atoms. The average Bonchev–Trinajstić information content (AvgIpc) is 2.66. The van der Waals surface area contributed by atoms with Crippen molar-refractivity contribution < 1.29 is 8.78 Å². The van der Waals surface area contributed by atoms with Gasteiger partial charge in [0.2, 0.25) is 0 Å². The maximum absolute atomic E-state index is 13.9. The highest BCUT2D eigenvalue weighted by Crippen LogP contribution is 2.39. The Hall–Kier alpha value is -0.0000000000000000833. The first kappa shape index (κ1) is 12.5. The van der Waals surface area contributed by atoms with Crippen LogP contribution >= 0.6 is 27.3 Å². The first-order chi connectivity index (χ1) is 7.58. The zero-order valence-electron chi connectivity index (χ0n) is 8.81. The van der Waals surface area contributed by atoms with E-state index in [1.807, 2.05) is 0 Å². The van der Waals surface area contributed by atoms with Crippen molar-refractivity contribution in [1.29, 1.82) is 0 Å². The molecule has 1 atom stereocenters. The van der Waals surface area contributed by atoms with Crippen LogP contribution in [0.1, 0.15) is 30.6 Å². The van der Waals surface area contributed by atoms with E-state index in [2.05, 4.69) is 21.2 Å². The smallest absolute Gasteiger partial charge is 0.283 e. The first-order valence-electron chi connectivity index (χ1n) is 5.44. The lowest BCUT2D eigenvalue weighted by molar-refractivity contribution is -0.0217. The lowest BCUT2D eigenvalue weighted by atomic mass is 9.98. The van der Waals surface area contributed by atoms with Crippen molar-refractivity contribution in [2.75, 3.05) is 6.54 Å². The molecular formula is C11H14BrF2NS. The molecule has 1 aliphatic rings. The van der Waals surface area contributed by atoms with Crippen LogP contribution in [0, 0.1) is 0 Å². The molecule has 1 aromatic rings. The van der Waals surface area contributed by atoms with Crippen LogP contribution in [0.4, 0.5) is 8.78 Å². The Balaban J connectivity index is 2.01. The molecule has 90 valence electrons. The molecule has 1 fully saturated rings. The van der Waals surface area contributed by atoms with E-state index in [4.69, 9.17) is 0 Å². The van der Waals surface area contributed by atoms with E-state index in [0.29, 0.717) is 0 Å². The van der Waals surface area contributed by atoms with Crippen LogP contribution in [0.25, 0.3) is 0 Å². The Morgan fingerprint density at radius 3 is 2.88 bits per heavy atom. The number of hydrogen-bond acceptors (Lipinski definition) is 2. The third kappa shape index (κ3) is 3.02. The lowest BCUT2D eigenvalue weighted by Crippen LogP contribution is -2.37. The minimum Gasteiger partial charge on any atom is -0.314 e. The number of rotatable bonds is 3. The Kier molecular flexibility index (Phi) is 3.97. The fourth-order valence-electron chi connectivity index (χ4n) is 2.01. The van der Waals surface area contributed by atoms with Gasteiger partial charge in [0.05, 0.1) is 4.88 Å². The van der Waals surface area contributed by atoms with Gasteiger partial charge in [0.25, 0.3) is 5.92 Å². The summed E-state index contributed by atoms with van der Waals surface area (Å²) in [6.07, 6.45) is 2.94. The maximum Gasteiger partial charge on any atom is 0.283 e. The molecule has 2 rings (SSSR count). The minimum absolute atomic E-state index is 0.0374. The van der Waals surface area contributed by atoms with Gasteiger partial charge in [-0.15, -0.1) is 11.3 Å². The highest BCUT2D eigenvalue weighted by atomic mass is 79.9. The van der Waals surface area contributed by atoms with Crippen LogP contribution in [0.15, 0.2) is 15.9 Å². The standard InChI is InChI=1S/C11H14BrF2NS/c12-8-5-10(16-7-8)11(13,14)6-9-3-1-2-4-15-9/h5,7,9,15H,1-4,6H2. The monoisotopic (exact) mass is 309 g/mol. The van der Waals surface area contributed by atoms with Gasteiger partial charge in [-0.25, -0.2) is 8.78 Å². The van der Waals surface area contributed by atoms with Crippen LogP contribution in [-0.4, -0.2) is 12.6 Å². The quantitative estimate of drug-likeness (QED) is 0.885. The zero-order valence-corrected chi connectivity index (χ0v) is 11.2. The van der Waals surface area contributed by atoms with Gasteiger partial charge < -0.3 is 5.32 Å². The van der Waals surface area contributed by atoms with Crippen LogP contribution in [0.2, 0.25) is 0 Å². The topological polar surface area (TPSA) is 12.0 Å². The van der Waals surface area contributed by atoms with Gasteiger partial charge in [0.15, 0.2) is 0 Å². The maximum atomic E-state index is 13.9. The lowest BCUT2D eigenvalue weighted by Gasteiger charge is -2.27. The molecule has 0 aliphatic carbocycles. The number of nitrogens with one attached hydrogen (secondary N) is 1. The van der Waals surface area contributed by atoms with Crippen molar-refractivity contribution >= 4 is 27.3 Å². The number of hydrogen-bond donors (Lipinski definition) is 1. The SMILES string of the molecule is FC(F)(CC1CCCCN1)c1cc(Br)cs1. The molecule has 2 heterocycles. The molecule has 5 heteroatoms. The van der Waals surface area contributed by atoms with E-state index in [1.54, 1.807) is 5.38 Å². The van der Waals surface area contributed by atoms with E-state index >= 15 is 0 Å². The van der Waals surface area contributed by atoms with Crippen LogP contribution < -0.4 is 5.32 Å². The van der Waals surface area contributed by atoms with E-state index in [9.17, 15) is 8.78 Å². The Morgan fingerprint density at radius 2 is 2.31 bits per heavy atom. The largest absolute Gasteiger partial charge is 0.314 e. The first-order valence-corrected chi connectivity index (χ1v) is 7.11. The summed E-state index contributed by atoms with van der Waals surface area (Å²) in [4.78, 5) is 0.159. The molecule has 1 nitrogen and oxygen atoms in total. The number of piperidine rings is 1. The van der Waals surface area contributed by atoms with Gasteiger partial charge in [-0.1, -0.05) is 6.42 Å². The summed E-state index contributed by atoms with van der Waals surface area (Å²) in [5, 5.41) is 4.87. The molecule has 1 unspecified atom stereocenters. The highest BCUT2D eigenvalue weighted by molar-refractivity contribution is 9.10. The second-order valence-corrected chi connectivity index (χ2v) is 6.01. The van der Waals surface area contributed by atoms with Gasteiger partial charge in [-0.05, 0) is 41.4 Å². The van der Waals surface area contributed by atoms with Gasteiger partial charge >= 0.3 is 0 Å². The summed E-state index contributed by atoms with van der Waals surface area (Å²) in [6, 6.07) is 1.48. The summed E-state index contributed by atoms with van der Waals surface area (Å²) in [5.74, 6) is -2.70. The molecule has 0 spiro atoms. The van der Waals surface area contributed by atoms with Crippen LogP contribution in [0.5, 0.6) is 0 Å². The highest BCUT2D eigenvalue weighted by Gasteiger charge is 2.36. The van der Waals surface area contributed by atoms with Gasteiger partial charge in [0, 0.05) is 22.3 Å².